The molecule has 0 aliphatic heterocycles. The molecule has 12 heteroatoms. The molecule has 2 aromatic rings. The lowest BCUT2D eigenvalue weighted by molar-refractivity contribution is -0.132. The largest absolute Gasteiger partial charge is 0.390 e. The highest BCUT2D eigenvalue weighted by molar-refractivity contribution is 14.0. The van der Waals surface area contributed by atoms with Crippen molar-refractivity contribution in [3.63, 3.8) is 0 Å². The van der Waals surface area contributed by atoms with Crippen LogP contribution < -0.4 is 16.0 Å². The number of nitrogens with zero attached hydrogens (tertiary/aromatic N) is 5. The van der Waals surface area contributed by atoms with Gasteiger partial charge in [-0.1, -0.05) is 0 Å². The summed E-state index contributed by atoms with van der Waals surface area (Å²) in [4.78, 5) is 12.2. The number of aromatic nitrogens is 4. The van der Waals surface area contributed by atoms with Crippen molar-refractivity contribution in [2.75, 3.05) is 31.5 Å². The first-order valence-electron chi connectivity index (χ1n) is 7.86. The van der Waals surface area contributed by atoms with Gasteiger partial charge in [-0.3, -0.25) is 9.67 Å². The number of halogens is 4. The summed E-state index contributed by atoms with van der Waals surface area (Å²) in [6.45, 7) is 3.06. The molecule has 0 aliphatic carbocycles. The predicted molar refractivity (Wildman–Crippen MR) is 105 cm³/mol. The van der Waals surface area contributed by atoms with Crippen LogP contribution in [0.4, 0.5) is 19.0 Å². The highest BCUT2D eigenvalue weighted by Crippen LogP contribution is 2.19. The average molecular weight is 486 g/mol. The van der Waals surface area contributed by atoms with E-state index < -0.39 is 12.6 Å². The molecule has 2 aromatic heterocycles. The van der Waals surface area contributed by atoms with Crippen molar-refractivity contribution < 1.29 is 13.2 Å². The van der Waals surface area contributed by atoms with Gasteiger partial charge in [-0.15, -0.1) is 24.0 Å². The zero-order valence-corrected chi connectivity index (χ0v) is 16.8. The minimum absolute atomic E-state index is 0. The van der Waals surface area contributed by atoms with Crippen LogP contribution in [0.5, 0.6) is 0 Å². The summed E-state index contributed by atoms with van der Waals surface area (Å²) in [5, 5.41) is 14.0. The van der Waals surface area contributed by atoms with Crippen LogP contribution in [-0.2, 0) is 7.05 Å². The molecule has 0 spiro atoms. The van der Waals surface area contributed by atoms with Crippen molar-refractivity contribution in [2.24, 2.45) is 12.0 Å². The number of fused-ring (bicyclic) bond motifs is 1. The van der Waals surface area contributed by atoms with Crippen molar-refractivity contribution in [3.8, 4) is 0 Å². The molecule has 2 rings (SSSR count). The number of aryl methyl sites for hydroxylation is 1. The molecule has 0 bridgehead atoms. The van der Waals surface area contributed by atoms with Crippen LogP contribution in [0.25, 0.3) is 11.0 Å². The Balaban J connectivity index is 0.00000338. The molecule has 0 fully saturated rings. The quantitative estimate of drug-likeness (QED) is 0.240. The summed E-state index contributed by atoms with van der Waals surface area (Å²) in [7, 11) is 1.79. The molecule has 0 radical (unpaired) electrons. The van der Waals surface area contributed by atoms with Gasteiger partial charge in [-0.25, -0.2) is 9.97 Å². The Kier molecular flexibility index (Phi) is 8.81. The fourth-order valence-electron chi connectivity index (χ4n) is 2.10. The molecule has 0 saturated carbocycles. The summed E-state index contributed by atoms with van der Waals surface area (Å²) in [6.07, 6.45) is -2.03. The van der Waals surface area contributed by atoms with E-state index in [-0.39, 0.29) is 30.5 Å². The topological polar surface area (TPSA) is 92.1 Å². The summed E-state index contributed by atoms with van der Waals surface area (Å²) in [5.74, 6) is 1.00. The average Bonchev–Trinajstić information content (AvgIpc) is 2.92. The van der Waals surface area contributed by atoms with Crippen LogP contribution in [0.15, 0.2) is 17.5 Å². The Hall–Kier alpha value is -1.86. The summed E-state index contributed by atoms with van der Waals surface area (Å²) in [6, 6.07) is 0. The molecular weight excluding hydrogens is 464 g/mol. The van der Waals surface area contributed by atoms with Crippen molar-refractivity contribution >= 4 is 46.8 Å². The van der Waals surface area contributed by atoms with Crippen LogP contribution >= 0.6 is 24.0 Å². The zero-order valence-electron chi connectivity index (χ0n) is 14.5. The van der Waals surface area contributed by atoms with Gasteiger partial charge >= 0.3 is 6.18 Å². The predicted octanol–water partition coefficient (Wildman–Crippen LogP) is 1.90. The third kappa shape index (κ3) is 6.80. The molecular formula is C14H22F3IN8. The minimum Gasteiger partial charge on any atom is -0.368 e. The highest BCUT2D eigenvalue weighted by Gasteiger charge is 2.26. The molecule has 3 N–H and O–H groups in total. The van der Waals surface area contributed by atoms with Crippen molar-refractivity contribution in [3.05, 3.63) is 12.5 Å². The van der Waals surface area contributed by atoms with Crippen LogP contribution in [-0.4, -0.2) is 58.1 Å². The van der Waals surface area contributed by atoms with Gasteiger partial charge in [0.05, 0.1) is 24.5 Å². The summed E-state index contributed by atoms with van der Waals surface area (Å²) in [5.41, 5.74) is 0.715. The lowest BCUT2D eigenvalue weighted by Crippen LogP contribution is -2.39. The van der Waals surface area contributed by atoms with E-state index in [1.54, 1.807) is 17.9 Å². The van der Waals surface area contributed by atoms with E-state index in [2.05, 4.69) is 36.0 Å². The monoisotopic (exact) mass is 486 g/mol. The number of anilines is 1. The fraction of sp³-hybridized carbons (Fsp3) is 0.571. The molecule has 146 valence electrons. The second kappa shape index (κ2) is 10.3. The molecule has 0 aliphatic rings. The molecule has 0 unspecified atom stereocenters. The van der Waals surface area contributed by atoms with Gasteiger partial charge in [0.15, 0.2) is 11.6 Å². The zero-order chi connectivity index (χ0) is 18.3. The first-order valence-corrected chi connectivity index (χ1v) is 7.86. The Bertz CT molecular complexity index is 716. The maximum absolute atomic E-state index is 12.2. The van der Waals surface area contributed by atoms with Crippen molar-refractivity contribution in [1.29, 1.82) is 0 Å². The molecule has 0 saturated heterocycles. The smallest absolute Gasteiger partial charge is 0.368 e. The Morgan fingerprint density at radius 3 is 2.69 bits per heavy atom. The molecule has 0 atom stereocenters. The first-order chi connectivity index (χ1) is 11.9. The third-order valence-electron chi connectivity index (χ3n) is 3.25. The number of nitrogens with one attached hydrogen (secondary N) is 3. The normalized spacial score (nSPS) is 12.0. The summed E-state index contributed by atoms with van der Waals surface area (Å²) < 4.78 is 38.2. The maximum Gasteiger partial charge on any atom is 0.390 e. The molecule has 8 nitrogen and oxygen atoms in total. The minimum atomic E-state index is -4.20. The number of hydrogen-bond donors (Lipinski definition) is 3. The van der Waals surface area contributed by atoms with Crippen molar-refractivity contribution in [1.82, 2.24) is 30.4 Å². The second-order valence-electron chi connectivity index (χ2n) is 5.21. The standard InChI is InChI=1S/C14H21F3N8.HI/c1-3-18-13(20-5-4-14(15,16)17)21-7-6-19-11-10-8-24-25(2)12(10)23-9-22-11;/h8-9H,3-7H2,1-2H3,(H2,18,20,21)(H,19,22,23);1H. The van der Waals surface area contributed by atoms with E-state index in [1.807, 2.05) is 6.92 Å². The van der Waals surface area contributed by atoms with E-state index in [4.69, 9.17) is 0 Å². The molecule has 0 amide bonds. The molecule has 26 heavy (non-hydrogen) atoms. The maximum atomic E-state index is 12.2. The van der Waals surface area contributed by atoms with Gasteiger partial charge in [-0.2, -0.15) is 18.3 Å². The van der Waals surface area contributed by atoms with Gasteiger partial charge in [0.25, 0.3) is 0 Å². The lowest BCUT2D eigenvalue weighted by atomic mass is 10.4. The van der Waals surface area contributed by atoms with Crippen LogP contribution in [0.3, 0.4) is 0 Å². The van der Waals surface area contributed by atoms with E-state index in [0.29, 0.717) is 37.1 Å². The Morgan fingerprint density at radius 1 is 1.23 bits per heavy atom. The van der Waals surface area contributed by atoms with Crippen LogP contribution in [0, 0.1) is 0 Å². The van der Waals surface area contributed by atoms with E-state index >= 15 is 0 Å². The third-order valence-corrected chi connectivity index (χ3v) is 3.25. The van der Waals surface area contributed by atoms with Crippen LogP contribution in [0.1, 0.15) is 13.3 Å². The van der Waals surface area contributed by atoms with E-state index in [1.165, 1.54) is 6.33 Å². The van der Waals surface area contributed by atoms with Crippen molar-refractivity contribution in [2.45, 2.75) is 19.5 Å². The number of aliphatic imine (C=N–C) groups is 1. The van der Waals surface area contributed by atoms with Gasteiger partial charge < -0.3 is 16.0 Å². The lowest BCUT2D eigenvalue weighted by Gasteiger charge is -2.12. The first kappa shape index (κ1) is 22.2. The van der Waals surface area contributed by atoms with Crippen LogP contribution in [0.2, 0.25) is 0 Å². The van der Waals surface area contributed by atoms with Gasteiger partial charge in [-0.05, 0) is 6.92 Å². The summed E-state index contributed by atoms with van der Waals surface area (Å²) >= 11 is 0. The van der Waals surface area contributed by atoms with Gasteiger partial charge in [0.2, 0.25) is 0 Å². The fourth-order valence-corrected chi connectivity index (χ4v) is 2.10. The van der Waals surface area contributed by atoms with E-state index in [9.17, 15) is 13.2 Å². The Morgan fingerprint density at radius 2 is 2.00 bits per heavy atom. The number of rotatable bonds is 7. The highest BCUT2D eigenvalue weighted by atomic mass is 127. The second-order valence-corrected chi connectivity index (χ2v) is 5.21. The SMILES string of the molecule is CCNC(=NCCC(F)(F)F)NCCNc1ncnc2c1cnn2C.I. The van der Waals surface area contributed by atoms with Gasteiger partial charge in [0.1, 0.15) is 12.1 Å². The number of hydrogen-bond acceptors (Lipinski definition) is 5. The molecule has 0 aromatic carbocycles. The number of guanidine groups is 1. The van der Waals surface area contributed by atoms with E-state index in [0.717, 1.165) is 5.39 Å². The molecule has 2 heterocycles. The Labute approximate surface area is 166 Å². The number of alkyl halides is 3. The van der Waals surface area contributed by atoms with Gasteiger partial charge in [0, 0.05) is 26.7 Å².